The van der Waals surface area contributed by atoms with E-state index in [2.05, 4.69) is 20.4 Å². The Kier molecular flexibility index (Phi) is 35.2. The summed E-state index contributed by atoms with van der Waals surface area (Å²) >= 11 is 0. The summed E-state index contributed by atoms with van der Waals surface area (Å²) in [4.78, 5) is 11.8. The van der Waals surface area contributed by atoms with E-state index in [1.54, 1.807) is 0 Å². The van der Waals surface area contributed by atoms with Crippen LogP contribution in [0, 0.1) is 0 Å². The predicted molar refractivity (Wildman–Crippen MR) is 187 cm³/mol. The molecule has 3 atom stereocenters. The molecule has 0 aliphatic carbocycles. The van der Waals surface area contributed by atoms with Gasteiger partial charge in [-0.1, -0.05) is 193 Å². The van der Waals surface area contributed by atoms with Gasteiger partial charge in [-0.15, -0.1) is 6.58 Å². The van der Waals surface area contributed by atoms with Crippen molar-refractivity contribution in [3.05, 3.63) is 12.7 Å². The fourth-order valence-electron chi connectivity index (χ4n) is 5.94. The van der Waals surface area contributed by atoms with Crippen LogP contribution >= 0.6 is 0 Å². The average molecular weight is 609 g/mol. The van der Waals surface area contributed by atoms with Crippen LogP contribution in [0.3, 0.4) is 0 Å². The quantitative estimate of drug-likeness (QED) is 0.0433. The molecular formula is C39H76O4. The summed E-state index contributed by atoms with van der Waals surface area (Å²) in [6, 6.07) is 0. The number of hydrogen-bond donors (Lipinski definition) is 1. The Morgan fingerprint density at radius 2 is 0.767 bits per heavy atom. The van der Waals surface area contributed by atoms with Gasteiger partial charge in [0, 0.05) is 13.2 Å². The zero-order chi connectivity index (χ0) is 31.5. The fraction of sp³-hybridized carbons (Fsp3) is 0.923. The van der Waals surface area contributed by atoms with E-state index in [1.165, 1.54) is 167 Å². The van der Waals surface area contributed by atoms with Gasteiger partial charge in [-0.25, -0.2) is 0 Å². The number of hydrogen-bond acceptors (Lipinski definition) is 4. The molecule has 0 bridgehead atoms. The number of aliphatic hydroxyl groups is 1. The topological polar surface area (TPSA) is 55.8 Å². The monoisotopic (exact) mass is 609 g/mol. The second-order valence-electron chi connectivity index (χ2n) is 13.1. The van der Waals surface area contributed by atoms with Crippen LogP contribution in [0.25, 0.3) is 0 Å². The Bertz CT molecular complexity index is 551. The molecule has 0 spiro atoms. The van der Waals surface area contributed by atoms with E-state index in [0.29, 0.717) is 13.2 Å². The number of aliphatic hydroxyl groups excluding tert-OH is 1. The third kappa shape index (κ3) is 29.7. The van der Waals surface area contributed by atoms with Crippen LogP contribution in [0.4, 0.5) is 0 Å². The van der Waals surface area contributed by atoms with Gasteiger partial charge in [0.1, 0.15) is 18.3 Å². The van der Waals surface area contributed by atoms with Crippen molar-refractivity contribution in [2.45, 2.75) is 218 Å². The molecule has 0 aliphatic rings. The van der Waals surface area contributed by atoms with Gasteiger partial charge in [-0.2, -0.15) is 0 Å². The van der Waals surface area contributed by atoms with Gasteiger partial charge in [0.25, 0.3) is 0 Å². The number of carbonyl (C=O) groups excluding carboxylic acids is 1. The van der Waals surface area contributed by atoms with Gasteiger partial charge in [-0.3, -0.25) is 0 Å². The lowest BCUT2D eigenvalue weighted by Crippen LogP contribution is -2.42. The molecule has 3 unspecified atom stereocenters. The van der Waals surface area contributed by atoms with E-state index in [-0.39, 0.29) is 0 Å². The highest BCUT2D eigenvalue weighted by molar-refractivity contribution is 5.57. The smallest absolute Gasteiger partial charge is 0.151 e. The summed E-state index contributed by atoms with van der Waals surface area (Å²) in [5.74, 6) is 0. The SMILES string of the molecule is C=CC(O)C(OCCCCCCCCCCCCCCCC)C(C=O)OCCCCCCCCCCCCCCCCC. The molecule has 0 aromatic heterocycles. The van der Waals surface area contributed by atoms with E-state index in [4.69, 9.17) is 9.47 Å². The lowest BCUT2D eigenvalue weighted by Gasteiger charge is -2.26. The first-order chi connectivity index (χ1) is 21.2. The number of carbonyl (C=O) groups is 1. The molecule has 4 nitrogen and oxygen atoms in total. The van der Waals surface area contributed by atoms with Crippen molar-refractivity contribution in [2.24, 2.45) is 0 Å². The molecule has 256 valence electrons. The van der Waals surface area contributed by atoms with Gasteiger partial charge < -0.3 is 19.4 Å². The van der Waals surface area contributed by atoms with E-state index < -0.39 is 18.3 Å². The van der Waals surface area contributed by atoms with Gasteiger partial charge in [-0.05, 0) is 12.8 Å². The first kappa shape index (κ1) is 42.3. The molecule has 0 aromatic rings. The lowest BCUT2D eigenvalue weighted by molar-refractivity contribution is -0.139. The standard InChI is InChI=1S/C39H76O4/c1-4-7-9-11-13-15-17-19-21-23-24-26-28-30-32-34-42-38(36-40)39(37(41)6-3)43-35-33-31-29-27-25-22-20-18-16-14-12-10-8-5-2/h6,36-39,41H,3-5,7-35H2,1-2H3. The fourth-order valence-corrected chi connectivity index (χ4v) is 5.94. The summed E-state index contributed by atoms with van der Waals surface area (Å²) in [5, 5.41) is 10.4. The molecule has 0 aromatic carbocycles. The van der Waals surface area contributed by atoms with E-state index in [0.717, 1.165) is 32.0 Å². The lowest BCUT2D eigenvalue weighted by atomic mass is 10.0. The van der Waals surface area contributed by atoms with E-state index in [9.17, 15) is 9.90 Å². The third-order valence-electron chi connectivity index (χ3n) is 8.90. The summed E-state index contributed by atoms with van der Waals surface area (Å²) < 4.78 is 11.8. The minimum absolute atomic E-state index is 0.532. The van der Waals surface area contributed by atoms with Crippen molar-refractivity contribution in [2.75, 3.05) is 13.2 Å². The normalized spacial score (nSPS) is 13.7. The van der Waals surface area contributed by atoms with Gasteiger partial charge in [0.2, 0.25) is 0 Å². The van der Waals surface area contributed by atoms with Crippen LogP contribution < -0.4 is 0 Å². The van der Waals surface area contributed by atoms with Crippen LogP contribution in [-0.4, -0.2) is 42.9 Å². The summed E-state index contributed by atoms with van der Waals surface area (Å²) in [7, 11) is 0. The highest BCUT2D eigenvalue weighted by atomic mass is 16.5. The average Bonchev–Trinajstić information content (AvgIpc) is 3.02. The summed E-state index contributed by atoms with van der Waals surface area (Å²) in [5.41, 5.74) is 0. The maximum atomic E-state index is 11.8. The summed E-state index contributed by atoms with van der Waals surface area (Å²) in [6.07, 6.45) is 38.2. The number of unbranched alkanes of at least 4 members (excludes halogenated alkanes) is 27. The van der Waals surface area contributed by atoms with Crippen LogP contribution in [0.5, 0.6) is 0 Å². The molecule has 0 heterocycles. The Balaban J connectivity index is 3.75. The molecule has 4 heteroatoms. The third-order valence-corrected chi connectivity index (χ3v) is 8.90. The van der Waals surface area contributed by atoms with Crippen molar-refractivity contribution in [1.82, 2.24) is 0 Å². The second-order valence-corrected chi connectivity index (χ2v) is 13.1. The van der Waals surface area contributed by atoms with Crippen molar-refractivity contribution >= 4 is 6.29 Å². The van der Waals surface area contributed by atoms with Crippen molar-refractivity contribution in [3.63, 3.8) is 0 Å². The highest BCUT2D eigenvalue weighted by Crippen LogP contribution is 2.16. The van der Waals surface area contributed by atoms with Crippen LogP contribution in [0.2, 0.25) is 0 Å². The molecule has 0 radical (unpaired) electrons. The molecule has 43 heavy (non-hydrogen) atoms. The molecule has 0 amide bonds. The maximum absolute atomic E-state index is 11.8. The molecule has 0 fully saturated rings. The molecule has 0 aliphatic heterocycles. The van der Waals surface area contributed by atoms with Crippen LogP contribution in [0.1, 0.15) is 200 Å². The first-order valence-corrected chi connectivity index (χ1v) is 19.2. The van der Waals surface area contributed by atoms with Crippen molar-refractivity contribution < 1.29 is 19.4 Å². The zero-order valence-corrected chi connectivity index (χ0v) is 29.2. The van der Waals surface area contributed by atoms with Gasteiger partial charge in [0.15, 0.2) is 6.29 Å². The van der Waals surface area contributed by atoms with E-state index >= 15 is 0 Å². The van der Waals surface area contributed by atoms with Crippen LogP contribution in [0.15, 0.2) is 12.7 Å². The molecular weight excluding hydrogens is 532 g/mol. The van der Waals surface area contributed by atoms with E-state index in [1.807, 2.05) is 0 Å². The second kappa shape index (κ2) is 35.8. The number of rotatable bonds is 37. The molecule has 0 saturated carbocycles. The Morgan fingerprint density at radius 1 is 0.488 bits per heavy atom. The van der Waals surface area contributed by atoms with Gasteiger partial charge >= 0.3 is 0 Å². The minimum atomic E-state index is -0.900. The van der Waals surface area contributed by atoms with Crippen molar-refractivity contribution in [1.29, 1.82) is 0 Å². The molecule has 0 saturated heterocycles. The highest BCUT2D eigenvalue weighted by Gasteiger charge is 2.28. The summed E-state index contributed by atoms with van der Waals surface area (Å²) in [6.45, 7) is 9.33. The zero-order valence-electron chi connectivity index (χ0n) is 29.2. The Hall–Kier alpha value is -0.710. The number of ether oxygens (including phenoxy) is 2. The maximum Gasteiger partial charge on any atom is 0.151 e. The van der Waals surface area contributed by atoms with Crippen LogP contribution in [-0.2, 0) is 14.3 Å². The van der Waals surface area contributed by atoms with Crippen molar-refractivity contribution in [3.8, 4) is 0 Å². The predicted octanol–water partition coefficient (Wildman–Crippen LogP) is 11.9. The van der Waals surface area contributed by atoms with Gasteiger partial charge in [0.05, 0.1) is 0 Å². The minimum Gasteiger partial charge on any atom is -0.386 e. The molecule has 0 rings (SSSR count). The Labute approximate surface area is 269 Å². The Morgan fingerprint density at radius 3 is 1.05 bits per heavy atom. The molecule has 1 N–H and O–H groups in total. The largest absolute Gasteiger partial charge is 0.386 e. The number of aldehydes is 1. The first-order valence-electron chi connectivity index (χ1n) is 19.2.